The quantitative estimate of drug-likeness (QED) is 0.192. The van der Waals surface area contributed by atoms with Crippen molar-refractivity contribution in [2.45, 2.75) is 19.3 Å². The van der Waals surface area contributed by atoms with E-state index >= 15 is 0 Å². The van der Waals surface area contributed by atoms with Crippen molar-refractivity contribution in [1.29, 1.82) is 5.41 Å². The van der Waals surface area contributed by atoms with Gasteiger partial charge in [0.1, 0.15) is 30.3 Å². The lowest BCUT2D eigenvalue weighted by molar-refractivity contribution is -0.111. The number of anilines is 4. The Hall–Kier alpha value is -4.44. The molecule has 1 aliphatic heterocycles. The zero-order chi connectivity index (χ0) is 27.6. The van der Waals surface area contributed by atoms with Crippen LogP contribution in [0.4, 0.5) is 22.9 Å². The monoisotopic (exact) mass is 529 g/mol. The standard InChI is InChI=1S/C29H35N7O3/c1-4-29(37)35-25-15-24(26(38-3)17-27(25)39-13-12-36-10-6-5-7-11-36)34-28-16-23(32-19-33-28)20-8-9-22(31-2)21(14-20)18-30/h4,8-9,14-19,30-31H,1,5-7,10-13H2,2-3H3,(H,35,37)(H,32,33,34). The molecule has 204 valence electrons. The molecule has 3 aromatic rings. The molecular formula is C29H35N7O3. The summed E-state index contributed by atoms with van der Waals surface area (Å²) < 4.78 is 11.8. The molecule has 1 saturated heterocycles. The van der Waals surface area contributed by atoms with E-state index in [-0.39, 0.29) is 5.91 Å². The molecule has 1 amide bonds. The van der Waals surface area contributed by atoms with Crippen LogP contribution < -0.4 is 25.4 Å². The van der Waals surface area contributed by atoms with E-state index < -0.39 is 0 Å². The minimum Gasteiger partial charge on any atom is -0.494 e. The number of aromatic nitrogens is 2. The first-order valence-electron chi connectivity index (χ1n) is 13.0. The molecule has 0 spiro atoms. The molecule has 39 heavy (non-hydrogen) atoms. The molecule has 1 fully saturated rings. The van der Waals surface area contributed by atoms with Gasteiger partial charge in [0.25, 0.3) is 0 Å². The number of carbonyl (C=O) groups excluding carboxylic acids is 1. The highest BCUT2D eigenvalue weighted by atomic mass is 16.5. The predicted octanol–water partition coefficient (Wildman–Crippen LogP) is 4.92. The molecule has 10 nitrogen and oxygen atoms in total. The van der Waals surface area contributed by atoms with Crippen LogP contribution in [0.3, 0.4) is 0 Å². The van der Waals surface area contributed by atoms with E-state index in [0.717, 1.165) is 36.4 Å². The number of ether oxygens (including phenoxy) is 2. The Kier molecular flexibility index (Phi) is 9.47. The summed E-state index contributed by atoms with van der Waals surface area (Å²) in [6.07, 6.45) is 7.69. The molecule has 4 N–H and O–H groups in total. The summed E-state index contributed by atoms with van der Waals surface area (Å²) in [7, 11) is 3.40. The van der Waals surface area contributed by atoms with Crippen LogP contribution in [-0.4, -0.2) is 67.4 Å². The highest BCUT2D eigenvalue weighted by Gasteiger charge is 2.16. The van der Waals surface area contributed by atoms with Gasteiger partial charge in [-0.1, -0.05) is 19.1 Å². The first-order valence-corrected chi connectivity index (χ1v) is 13.0. The maximum Gasteiger partial charge on any atom is 0.247 e. The summed E-state index contributed by atoms with van der Waals surface area (Å²) in [4.78, 5) is 23.4. The van der Waals surface area contributed by atoms with Crippen LogP contribution >= 0.6 is 0 Å². The van der Waals surface area contributed by atoms with Gasteiger partial charge in [0.05, 0.1) is 24.2 Å². The zero-order valence-electron chi connectivity index (χ0n) is 22.4. The van der Waals surface area contributed by atoms with Gasteiger partial charge in [-0.2, -0.15) is 0 Å². The van der Waals surface area contributed by atoms with E-state index in [1.807, 2.05) is 31.3 Å². The highest BCUT2D eigenvalue weighted by Crippen LogP contribution is 2.38. The lowest BCUT2D eigenvalue weighted by Crippen LogP contribution is -2.33. The van der Waals surface area contributed by atoms with Gasteiger partial charge in [0.2, 0.25) is 5.91 Å². The Bertz CT molecular complexity index is 1320. The van der Waals surface area contributed by atoms with Crippen LogP contribution in [0.1, 0.15) is 24.8 Å². The van der Waals surface area contributed by atoms with Crippen molar-refractivity contribution in [2.24, 2.45) is 0 Å². The molecular weight excluding hydrogens is 494 g/mol. The van der Waals surface area contributed by atoms with Crippen molar-refractivity contribution in [3.63, 3.8) is 0 Å². The number of likely N-dealkylation sites (tertiary alicyclic amines) is 1. The molecule has 0 aliphatic carbocycles. The summed E-state index contributed by atoms with van der Waals surface area (Å²) >= 11 is 0. The maximum absolute atomic E-state index is 12.2. The lowest BCUT2D eigenvalue weighted by atomic mass is 10.1. The fraction of sp³-hybridized carbons (Fsp3) is 0.310. The van der Waals surface area contributed by atoms with Crippen LogP contribution in [0, 0.1) is 5.41 Å². The Labute approximate surface area is 229 Å². The SMILES string of the molecule is C=CC(=O)Nc1cc(Nc2cc(-c3ccc(NC)c(C=N)c3)ncn2)c(OC)cc1OCCN1CCCCC1. The summed E-state index contributed by atoms with van der Waals surface area (Å²) in [6.45, 7) is 7.03. The third-order valence-electron chi connectivity index (χ3n) is 6.56. The molecule has 0 atom stereocenters. The second-order valence-electron chi connectivity index (χ2n) is 9.10. The van der Waals surface area contributed by atoms with Gasteiger partial charge in [-0.15, -0.1) is 0 Å². The molecule has 0 unspecified atom stereocenters. The van der Waals surface area contributed by atoms with Crippen LogP contribution in [0.15, 0.2) is 55.4 Å². The minimum atomic E-state index is -0.344. The van der Waals surface area contributed by atoms with E-state index in [2.05, 4.69) is 37.4 Å². The Morgan fingerprint density at radius 2 is 1.90 bits per heavy atom. The predicted molar refractivity (Wildman–Crippen MR) is 156 cm³/mol. The van der Waals surface area contributed by atoms with Crippen LogP contribution in [-0.2, 0) is 4.79 Å². The number of amides is 1. The average Bonchev–Trinajstić information content (AvgIpc) is 2.98. The van der Waals surface area contributed by atoms with Crippen LogP contribution in [0.25, 0.3) is 11.3 Å². The molecule has 0 saturated carbocycles. The number of nitrogens with one attached hydrogen (secondary N) is 4. The molecule has 2 aromatic carbocycles. The van der Waals surface area contributed by atoms with Gasteiger partial charge in [0, 0.05) is 48.8 Å². The van der Waals surface area contributed by atoms with Crippen molar-refractivity contribution in [3.05, 3.63) is 60.9 Å². The van der Waals surface area contributed by atoms with E-state index in [1.54, 1.807) is 19.2 Å². The number of carbonyl (C=O) groups is 1. The second-order valence-corrected chi connectivity index (χ2v) is 9.10. The van der Waals surface area contributed by atoms with Gasteiger partial charge in [0.15, 0.2) is 0 Å². The number of hydrogen-bond acceptors (Lipinski definition) is 9. The zero-order valence-corrected chi connectivity index (χ0v) is 22.4. The minimum absolute atomic E-state index is 0.344. The Morgan fingerprint density at radius 3 is 2.62 bits per heavy atom. The molecule has 0 bridgehead atoms. The van der Waals surface area contributed by atoms with Crippen molar-refractivity contribution in [2.75, 3.05) is 56.3 Å². The topological polar surface area (TPSA) is 124 Å². The maximum atomic E-state index is 12.2. The molecule has 1 aliphatic rings. The number of rotatable bonds is 12. The van der Waals surface area contributed by atoms with Crippen molar-refractivity contribution < 1.29 is 14.3 Å². The Balaban J connectivity index is 1.58. The van der Waals surface area contributed by atoms with Crippen molar-refractivity contribution in [3.8, 4) is 22.8 Å². The van der Waals surface area contributed by atoms with E-state index in [9.17, 15) is 4.79 Å². The van der Waals surface area contributed by atoms with Gasteiger partial charge < -0.3 is 30.8 Å². The highest BCUT2D eigenvalue weighted by molar-refractivity contribution is 6.00. The third kappa shape index (κ3) is 7.11. The van der Waals surface area contributed by atoms with E-state index in [4.69, 9.17) is 14.9 Å². The summed E-state index contributed by atoms with van der Waals surface area (Å²) in [5.74, 6) is 1.23. The Morgan fingerprint density at radius 1 is 1.08 bits per heavy atom. The molecule has 1 aromatic heterocycles. The fourth-order valence-electron chi connectivity index (χ4n) is 4.49. The van der Waals surface area contributed by atoms with Crippen LogP contribution in [0.5, 0.6) is 11.5 Å². The normalized spacial score (nSPS) is 13.3. The van der Waals surface area contributed by atoms with E-state index in [1.165, 1.54) is 37.9 Å². The average molecular weight is 530 g/mol. The third-order valence-corrected chi connectivity index (χ3v) is 6.56. The number of piperidine rings is 1. The number of benzene rings is 2. The van der Waals surface area contributed by atoms with Crippen molar-refractivity contribution in [1.82, 2.24) is 14.9 Å². The lowest BCUT2D eigenvalue weighted by Gasteiger charge is -2.26. The fourth-order valence-corrected chi connectivity index (χ4v) is 4.49. The molecule has 4 rings (SSSR count). The molecule has 2 heterocycles. The summed E-state index contributed by atoms with van der Waals surface area (Å²) in [5.41, 5.74) is 4.24. The number of hydrogen-bond donors (Lipinski definition) is 4. The molecule has 0 radical (unpaired) electrons. The van der Waals surface area contributed by atoms with Crippen molar-refractivity contribution >= 4 is 35.0 Å². The van der Waals surface area contributed by atoms with Gasteiger partial charge in [-0.25, -0.2) is 9.97 Å². The summed E-state index contributed by atoms with van der Waals surface area (Å²) in [5, 5.41) is 16.9. The largest absolute Gasteiger partial charge is 0.494 e. The number of methoxy groups -OCH3 is 1. The van der Waals surface area contributed by atoms with Gasteiger partial charge in [-0.3, -0.25) is 9.69 Å². The second kappa shape index (κ2) is 13.4. The summed E-state index contributed by atoms with van der Waals surface area (Å²) in [6, 6.07) is 11.1. The van der Waals surface area contributed by atoms with Gasteiger partial charge >= 0.3 is 0 Å². The van der Waals surface area contributed by atoms with Gasteiger partial charge in [-0.05, 0) is 50.2 Å². The first kappa shape index (κ1) is 27.6. The molecule has 10 heteroatoms. The smallest absolute Gasteiger partial charge is 0.247 e. The first-order chi connectivity index (χ1) is 19.0. The number of nitrogens with zero attached hydrogens (tertiary/aromatic N) is 3. The van der Waals surface area contributed by atoms with E-state index in [0.29, 0.717) is 41.0 Å². The van der Waals surface area contributed by atoms with Crippen LogP contribution in [0.2, 0.25) is 0 Å².